The van der Waals surface area contributed by atoms with Crippen molar-refractivity contribution in [2.45, 2.75) is 91.5 Å². The fourth-order valence-electron chi connectivity index (χ4n) is 8.03. The van der Waals surface area contributed by atoms with Gasteiger partial charge in [0, 0.05) is 39.4 Å². The summed E-state index contributed by atoms with van der Waals surface area (Å²) in [7, 11) is 1.72. The van der Waals surface area contributed by atoms with Gasteiger partial charge in [-0.25, -0.2) is 4.98 Å². The van der Waals surface area contributed by atoms with Gasteiger partial charge in [-0.05, 0) is 76.3 Å². The standard InChI is InChI=1S/C52H61N5O6S/c1-7-43(37-15-10-8-11-16-37)47(38-17-12-9-13-18-38)39-25-27-42(28-26-39)63-30-29-56(6)46(60)20-14-19-45(59)55-49(52(3,4)5)51(62)57-33-41(58)31-44(57)50(61)53-32-36-21-23-40(24-22-36)48-35(2)54-34-64-48/h8-13,15-18,21-28,34,41,44,49,58H,7,14,19-20,29-33H2,1-6H3,(H,53,61)(H,55,59)/b47-43-/t41-,44+,49-/m1/s1. The highest BCUT2D eigenvalue weighted by Gasteiger charge is 2.44. The van der Waals surface area contributed by atoms with Gasteiger partial charge in [-0.1, -0.05) is 125 Å². The third-order valence-corrected chi connectivity index (χ3v) is 12.6. The van der Waals surface area contributed by atoms with Gasteiger partial charge in [-0.15, -0.1) is 11.3 Å². The number of allylic oxidation sites excluding steroid dienone is 1. The molecule has 4 amide bonds. The molecule has 0 bridgehead atoms. The summed E-state index contributed by atoms with van der Waals surface area (Å²) in [6.45, 7) is 10.6. The van der Waals surface area contributed by atoms with Crippen molar-refractivity contribution in [3.05, 3.63) is 143 Å². The lowest BCUT2D eigenvalue weighted by Crippen LogP contribution is -2.57. The average Bonchev–Trinajstić information content (AvgIpc) is 3.91. The van der Waals surface area contributed by atoms with Crippen LogP contribution < -0.4 is 15.4 Å². The fraction of sp³-hybridized carbons (Fsp3) is 0.365. The van der Waals surface area contributed by atoms with Gasteiger partial charge in [-0.3, -0.25) is 19.2 Å². The zero-order valence-electron chi connectivity index (χ0n) is 37.8. The number of aliphatic hydroxyl groups excluding tert-OH is 1. The maximum Gasteiger partial charge on any atom is 0.246 e. The van der Waals surface area contributed by atoms with E-state index >= 15 is 0 Å². The van der Waals surface area contributed by atoms with Crippen LogP contribution in [0.25, 0.3) is 21.6 Å². The molecule has 64 heavy (non-hydrogen) atoms. The first-order valence-electron chi connectivity index (χ1n) is 22.1. The SMILES string of the molecule is CC/C(=C(\c1ccccc1)c1ccc(OCCN(C)C(=O)CCCC(=O)N[C@H](C(=O)N2C[C@H](O)C[C@H]2C(=O)NCc2ccc(-c3scnc3C)cc2)C(C)(C)C)cc1)c1ccccc1. The van der Waals surface area contributed by atoms with Crippen LogP contribution in [-0.2, 0) is 25.7 Å². The number of ether oxygens (including phenoxy) is 1. The quantitative estimate of drug-likeness (QED) is 0.0753. The Bertz CT molecular complexity index is 2370. The number of carbonyl (C=O) groups excluding carboxylic acids is 4. The fourth-order valence-corrected chi connectivity index (χ4v) is 8.84. The third-order valence-electron chi connectivity index (χ3n) is 11.6. The molecular formula is C52H61N5O6S. The second kappa shape index (κ2) is 22.0. The molecule has 1 fully saturated rings. The van der Waals surface area contributed by atoms with Gasteiger partial charge >= 0.3 is 0 Å². The predicted octanol–water partition coefficient (Wildman–Crippen LogP) is 8.30. The molecule has 1 saturated heterocycles. The van der Waals surface area contributed by atoms with Crippen LogP contribution in [0.1, 0.15) is 87.7 Å². The zero-order chi connectivity index (χ0) is 45.8. The number of aromatic nitrogens is 1. The van der Waals surface area contributed by atoms with Crippen LogP contribution in [0.4, 0.5) is 0 Å². The summed E-state index contributed by atoms with van der Waals surface area (Å²) in [5.41, 5.74) is 9.89. The van der Waals surface area contributed by atoms with E-state index in [0.29, 0.717) is 25.3 Å². The molecule has 1 aliphatic heterocycles. The lowest BCUT2D eigenvalue weighted by Gasteiger charge is -2.35. The van der Waals surface area contributed by atoms with E-state index in [2.05, 4.69) is 83.2 Å². The molecule has 12 heteroatoms. The van der Waals surface area contributed by atoms with E-state index in [0.717, 1.165) is 39.2 Å². The van der Waals surface area contributed by atoms with Gasteiger partial charge in [-0.2, -0.15) is 0 Å². The van der Waals surface area contributed by atoms with Gasteiger partial charge in [0.25, 0.3) is 0 Å². The van der Waals surface area contributed by atoms with Crippen molar-refractivity contribution in [1.82, 2.24) is 25.4 Å². The first kappa shape index (κ1) is 47.4. The molecular weight excluding hydrogens is 823 g/mol. The number of benzene rings is 4. The summed E-state index contributed by atoms with van der Waals surface area (Å²) in [5, 5.41) is 16.4. The molecule has 1 aromatic heterocycles. The average molecular weight is 884 g/mol. The highest BCUT2D eigenvalue weighted by atomic mass is 32.1. The van der Waals surface area contributed by atoms with Crippen molar-refractivity contribution < 1.29 is 29.0 Å². The first-order chi connectivity index (χ1) is 30.7. The molecule has 0 radical (unpaired) electrons. The number of hydrogen-bond donors (Lipinski definition) is 3. The number of aryl methyl sites for hydroxylation is 1. The number of aliphatic hydroxyl groups is 1. The van der Waals surface area contributed by atoms with Crippen LogP contribution in [0.3, 0.4) is 0 Å². The molecule has 6 rings (SSSR count). The second-order valence-corrected chi connectivity index (χ2v) is 18.3. The van der Waals surface area contributed by atoms with Crippen LogP contribution in [0.5, 0.6) is 5.75 Å². The van der Waals surface area contributed by atoms with Crippen molar-refractivity contribution >= 4 is 46.1 Å². The van der Waals surface area contributed by atoms with Crippen molar-refractivity contribution in [3.63, 3.8) is 0 Å². The number of rotatable bonds is 18. The van der Waals surface area contributed by atoms with Crippen molar-refractivity contribution in [2.75, 3.05) is 26.7 Å². The third kappa shape index (κ3) is 12.3. The molecule has 4 aromatic carbocycles. The molecule has 336 valence electrons. The van der Waals surface area contributed by atoms with Crippen LogP contribution in [0, 0.1) is 12.3 Å². The Morgan fingerprint density at radius 2 is 1.53 bits per heavy atom. The summed E-state index contributed by atoms with van der Waals surface area (Å²) in [5.74, 6) is -0.584. The number of likely N-dealkylation sites (N-methyl/N-ethyl adjacent to an activating group) is 1. The lowest BCUT2D eigenvalue weighted by molar-refractivity contribution is -0.144. The molecule has 1 aliphatic rings. The van der Waals surface area contributed by atoms with Crippen LogP contribution in [0.2, 0.25) is 0 Å². The molecule has 0 spiro atoms. The molecule has 0 unspecified atom stereocenters. The Balaban J connectivity index is 0.963. The molecule has 0 aliphatic carbocycles. The van der Waals surface area contributed by atoms with Crippen LogP contribution in [0.15, 0.2) is 115 Å². The number of β-amino-alcohol motifs (C(OH)–C–C–N with tert-alkyl or cyclic N) is 1. The summed E-state index contributed by atoms with van der Waals surface area (Å²) in [6.07, 6.45) is 0.577. The van der Waals surface area contributed by atoms with Gasteiger partial charge in [0.05, 0.1) is 28.7 Å². The lowest BCUT2D eigenvalue weighted by atomic mass is 9.85. The van der Waals surface area contributed by atoms with Crippen LogP contribution >= 0.6 is 11.3 Å². The van der Waals surface area contributed by atoms with E-state index < -0.39 is 29.5 Å². The van der Waals surface area contributed by atoms with E-state index in [1.807, 2.05) is 81.7 Å². The van der Waals surface area contributed by atoms with Gasteiger partial charge in [0.1, 0.15) is 24.4 Å². The summed E-state index contributed by atoms with van der Waals surface area (Å²) < 4.78 is 6.05. The zero-order valence-corrected chi connectivity index (χ0v) is 38.6. The number of nitrogens with one attached hydrogen (secondary N) is 2. The highest BCUT2D eigenvalue weighted by molar-refractivity contribution is 7.13. The molecule has 5 aromatic rings. The number of nitrogens with zero attached hydrogens (tertiary/aromatic N) is 3. The maximum absolute atomic E-state index is 14.1. The Labute approximate surface area is 381 Å². The Hall–Kier alpha value is -6.11. The number of amides is 4. The van der Waals surface area contributed by atoms with Gasteiger partial charge in [0.15, 0.2) is 0 Å². The first-order valence-corrected chi connectivity index (χ1v) is 23.0. The minimum atomic E-state index is -0.952. The van der Waals surface area contributed by atoms with E-state index in [4.69, 9.17) is 4.74 Å². The maximum atomic E-state index is 14.1. The van der Waals surface area contributed by atoms with E-state index in [1.54, 1.807) is 23.3 Å². The molecule has 3 atom stereocenters. The minimum Gasteiger partial charge on any atom is -0.492 e. The van der Waals surface area contributed by atoms with E-state index in [-0.39, 0.29) is 50.1 Å². The molecule has 0 saturated carbocycles. The van der Waals surface area contributed by atoms with Crippen molar-refractivity contribution in [2.24, 2.45) is 5.41 Å². The Morgan fingerprint density at radius 1 is 0.891 bits per heavy atom. The Kier molecular flexibility index (Phi) is 16.3. The second-order valence-electron chi connectivity index (χ2n) is 17.4. The normalized spacial score (nSPS) is 15.8. The minimum absolute atomic E-state index is 0.0147. The number of carbonyl (C=O) groups is 4. The predicted molar refractivity (Wildman–Crippen MR) is 254 cm³/mol. The molecule has 11 nitrogen and oxygen atoms in total. The smallest absolute Gasteiger partial charge is 0.246 e. The monoisotopic (exact) mass is 883 g/mol. The van der Waals surface area contributed by atoms with Gasteiger partial charge < -0.3 is 30.3 Å². The summed E-state index contributed by atoms with van der Waals surface area (Å²) >= 11 is 1.57. The van der Waals surface area contributed by atoms with Crippen molar-refractivity contribution in [1.29, 1.82) is 0 Å². The van der Waals surface area contributed by atoms with Gasteiger partial charge in [0.2, 0.25) is 23.6 Å². The highest BCUT2D eigenvalue weighted by Crippen LogP contribution is 2.35. The Morgan fingerprint density at radius 3 is 2.14 bits per heavy atom. The molecule has 2 heterocycles. The number of thiazole rings is 1. The molecule has 3 N–H and O–H groups in total. The number of hydrogen-bond acceptors (Lipinski definition) is 8. The topological polar surface area (TPSA) is 141 Å². The number of likely N-dealkylation sites (tertiary alicyclic amines) is 1. The van der Waals surface area contributed by atoms with Crippen LogP contribution in [-0.4, -0.2) is 88.5 Å². The van der Waals surface area contributed by atoms with E-state index in [1.165, 1.54) is 21.6 Å². The van der Waals surface area contributed by atoms with Crippen molar-refractivity contribution in [3.8, 4) is 16.2 Å². The summed E-state index contributed by atoms with van der Waals surface area (Å²) in [4.78, 5) is 62.2. The summed E-state index contributed by atoms with van der Waals surface area (Å²) in [6, 6.07) is 35.0. The van der Waals surface area contributed by atoms with E-state index in [9.17, 15) is 24.3 Å². The largest absolute Gasteiger partial charge is 0.492 e.